The number of hydrogen-bond acceptors (Lipinski definition) is 5. The molecule has 0 aliphatic heterocycles. The number of nitrogens with one attached hydrogen (secondary N) is 1. The maximum atomic E-state index is 11.4. The summed E-state index contributed by atoms with van der Waals surface area (Å²) in [5.74, 6) is 1.66. The zero-order valence-corrected chi connectivity index (χ0v) is 16.2. The van der Waals surface area contributed by atoms with E-state index in [-0.39, 0.29) is 12.4 Å². The van der Waals surface area contributed by atoms with Gasteiger partial charge in [-0.3, -0.25) is 4.79 Å². The first kappa shape index (κ1) is 18.4. The molecule has 0 radical (unpaired) electrons. The van der Waals surface area contributed by atoms with E-state index in [1.54, 1.807) is 0 Å². The summed E-state index contributed by atoms with van der Waals surface area (Å²) in [7, 11) is 1.39. The Hall–Kier alpha value is -2.92. The summed E-state index contributed by atoms with van der Waals surface area (Å²) in [5, 5.41) is 4.01. The van der Waals surface area contributed by atoms with E-state index in [9.17, 15) is 4.79 Å². The maximum absolute atomic E-state index is 11.4. The molecule has 1 saturated carbocycles. The highest BCUT2D eigenvalue weighted by atomic mass is 35.5. The molecule has 6 heteroatoms. The van der Waals surface area contributed by atoms with Gasteiger partial charge in [-0.15, -0.1) is 0 Å². The molecular weight excluding hydrogens is 374 g/mol. The average Bonchev–Trinajstić information content (AvgIpc) is 3.54. The third kappa shape index (κ3) is 4.49. The Morgan fingerprint density at radius 1 is 1.14 bits per heavy atom. The standard InChI is InChI=1S/C22H20ClN3O2/c1-28-21(27)11-14-5-9-18(10-6-14)24-20-13-19(15-7-8-15)25-22(26-20)16-3-2-4-17(23)12-16/h2-6,9-10,12-13,15H,7-8,11H2,1H3,(H,24,25,26). The molecule has 1 aromatic heterocycles. The van der Waals surface area contributed by atoms with Gasteiger partial charge < -0.3 is 10.1 Å². The number of carbonyl (C=O) groups is 1. The smallest absolute Gasteiger partial charge is 0.309 e. The van der Waals surface area contributed by atoms with Crippen LogP contribution in [0.25, 0.3) is 11.4 Å². The van der Waals surface area contributed by atoms with Crippen molar-refractivity contribution < 1.29 is 9.53 Å². The Kier molecular flexibility index (Phi) is 5.26. The van der Waals surface area contributed by atoms with Gasteiger partial charge in [0, 0.05) is 34.0 Å². The third-order valence-electron chi connectivity index (χ3n) is 4.63. The van der Waals surface area contributed by atoms with Gasteiger partial charge in [0.1, 0.15) is 5.82 Å². The Bertz CT molecular complexity index is 1000. The predicted octanol–water partition coefficient (Wildman–Crippen LogP) is 5.13. The van der Waals surface area contributed by atoms with Gasteiger partial charge in [0.25, 0.3) is 0 Å². The van der Waals surface area contributed by atoms with Crippen molar-refractivity contribution in [1.82, 2.24) is 9.97 Å². The van der Waals surface area contributed by atoms with Gasteiger partial charge >= 0.3 is 5.97 Å². The molecular formula is C22H20ClN3O2. The van der Waals surface area contributed by atoms with Crippen LogP contribution in [0.5, 0.6) is 0 Å². The van der Waals surface area contributed by atoms with Crippen molar-refractivity contribution in [3.8, 4) is 11.4 Å². The van der Waals surface area contributed by atoms with E-state index in [0.717, 1.165) is 41.2 Å². The topological polar surface area (TPSA) is 64.1 Å². The lowest BCUT2D eigenvalue weighted by molar-refractivity contribution is -0.139. The fourth-order valence-electron chi connectivity index (χ4n) is 2.97. The van der Waals surface area contributed by atoms with Gasteiger partial charge in [0.05, 0.1) is 13.5 Å². The number of esters is 1. The molecule has 1 aliphatic rings. The maximum Gasteiger partial charge on any atom is 0.309 e. The number of benzene rings is 2. The molecule has 1 N–H and O–H groups in total. The van der Waals surface area contributed by atoms with Gasteiger partial charge in [0.2, 0.25) is 0 Å². The first-order valence-electron chi connectivity index (χ1n) is 9.18. The zero-order valence-electron chi connectivity index (χ0n) is 15.5. The minimum Gasteiger partial charge on any atom is -0.469 e. The minimum absolute atomic E-state index is 0.253. The van der Waals surface area contributed by atoms with E-state index in [0.29, 0.717) is 16.8 Å². The van der Waals surface area contributed by atoms with Crippen LogP contribution < -0.4 is 5.32 Å². The average molecular weight is 394 g/mol. The Labute approximate surface area is 168 Å². The van der Waals surface area contributed by atoms with Crippen LogP contribution in [0.4, 0.5) is 11.5 Å². The van der Waals surface area contributed by atoms with E-state index in [4.69, 9.17) is 21.3 Å². The number of ether oxygens (including phenoxy) is 1. The largest absolute Gasteiger partial charge is 0.469 e. The van der Waals surface area contributed by atoms with E-state index in [2.05, 4.69) is 10.3 Å². The number of methoxy groups -OCH3 is 1. The predicted molar refractivity (Wildman–Crippen MR) is 110 cm³/mol. The van der Waals surface area contributed by atoms with Crippen LogP contribution in [0.2, 0.25) is 5.02 Å². The molecule has 0 atom stereocenters. The Morgan fingerprint density at radius 3 is 2.61 bits per heavy atom. The molecule has 2 aromatic carbocycles. The highest BCUT2D eigenvalue weighted by Gasteiger charge is 2.26. The second kappa shape index (κ2) is 7.98. The Balaban J connectivity index is 1.59. The number of carbonyl (C=O) groups excluding carboxylic acids is 1. The zero-order chi connectivity index (χ0) is 19.5. The van der Waals surface area contributed by atoms with E-state index in [1.165, 1.54) is 7.11 Å². The molecule has 5 nitrogen and oxygen atoms in total. The molecule has 0 bridgehead atoms. The van der Waals surface area contributed by atoms with Crippen LogP contribution >= 0.6 is 11.6 Å². The summed E-state index contributed by atoms with van der Waals surface area (Å²) in [4.78, 5) is 20.8. The fourth-order valence-corrected chi connectivity index (χ4v) is 3.16. The second-order valence-corrected chi connectivity index (χ2v) is 7.30. The van der Waals surface area contributed by atoms with Gasteiger partial charge in [-0.2, -0.15) is 0 Å². The van der Waals surface area contributed by atoms with Gasteiger partial charge in [0.15, 0.2) is 5.82 Å². The van der Waals surface area contributed by atoms with E-state index >= 15 is 0 Å². The number of aromatic nitrogens is 2. The molecule has 0 amide bonds. The van der Waals surface area contributed by atoms with Crippen LogP contribution in [0.3, 0.4) is 0 Å². The second-order valence-electron chi connectivity index (χ2n) is 6.86. The lowest BCUT2D eigenvalue weighted by Crippen LogP contribution is -2.04. The van der Waals surface area contributed by atoms with E-state index in [1.807, 2.05) is 54.6 Å². The fraction of sp³-hybridized carbons (Fsp3) is 0.227. The molecule has 0 spiro atoms. The van der Waals surface area contributed by atoms with E-state index < -0.39 is 0 Å². The third-order valence-corrected chi connectivity index (χ3v) is 4.86. The van der Waals surface area contributed by atoms with Crippen LogP contribution in [0, 0.1) is 0 Å². The minimum atomic E-state index is -0.253. The van der Waals surface area contributed by atoms with Crippen molar-refractivity contribution in [2.24, 2.45) is 0 Å². The molecule has 0 saturated heterocycles. The summed E-state index contributed by atoms with van der Waals surface area (Å²) in [6.45, 7) is 0. The number of hydrogen-bond donors (Lipinski definition) is 1. The van der Waals surface area contributed by atoms with Crippen LogP contribution in [0.1, 0.15) is 30.0 Å². The number of rotatable bonds is 6. The lowest BCUT2D eigenvalue weighted by Gasteiger charge is -2.11. The number of nitrogens with zero attached hydrogens (tertiary/aromatic N) is 2. The summed E-state index contributed by atoms with van der Waals surface area (Å²) < 4.78 is 4.70. The summed E-state index contributed by atoms with van der Waals surface area (Å²) in [5.41, 5.74) is 3.74. The Morgan fingerprint density at radius 2 is 1.93 bits per heavy atom. The van der Waals surface area contributed by atoms with Gasteiger partial charge in [-0.25, -0.2) is 9.97 Å². The van der Waals surface area contributed by atoms with Crippen LogP contribution in [0.15, 0.2) is 54.6 Å². The molecule has 28 heavy (non-hydrogen) atoms. The van der Waals surface area contributed by atoms with Crippen LogP contribution in [-0.2, 0) is 16.0 Å². The van der Waals surface area contributed by atoms with Crippen molar-refractivity contribution in [1.29, 1.82) is 0 Å². The van der Waals surface area contributed by atoms with Crippen molar-refractivity contribution in [3.05, 3.63) is 70.9 Å². The van der Waals surface area contributed by atoms with Crippen LogP contribution in [-0.4, -0.2) is 23.0 Å². The highest BCUT2D eigenvalue weighted by molar-refractivity contribution is 6.30. The molecule has 3 aromatic rings. The summed E-state index contributed by atoms with van der Waals surface area (Å²) in [6.07, 6.45) is 2.58. The number of anilines is 2. The molecule has 142 valence electrons. The quantitative estimate of drug-likeness (QED) is 0.588. The van der Waals surface area contributed by atoms with Crippen molar-refractivity contribution in [2.45, 2.75) is 25.2 Å². The monoisotopic (exact) mass is 393 g/mol. The molecule has 1 heterocycles. The van der Waals surface area contributed by atoms with Crippen molar-refractivity contribution in [3.63, 3.8) is 0 Å². The molecule has 4 rings (SSSR count). The lowest BCUT2D eigenvalue weighted by atomic mass is 10.1. The molecule has 1 fully saturated rings. The molecule has 0 unspecified atom stereocenters. The van der Waals surface area contributed by atoms with Crippen molar-refractivity contribution in [2.75, 3.05) is 12.4 Å². The van der Waals surface area contributed by atoms with Crippen molar-refractivity contribution >= 4 is 29.1 Å². The van der Waals surface area contributed by atoms with Gasteiger partial charge in [-0.05, 0) is 42.7 Å². The SMILES string of the molecule is COC(=O)Cc1ccc(Nc2cc(C3CC3)nc(-c3cccc(Cl)c3)n2)cc1. The van der Waals surface area contributed by atoms with Gasteiger partial charge in [-0.1, -0.05) is 35.9 Å². The molecule has 1 aliphatic carbocycles. The summed E-state index contributed by atoms with van der Waals surface area (Å²) in [6, 6.07) is 17.2. The highest BCUT2D eigenvalue weighted by Crippen LogP contribution is 2.40. The summed E-state index contributed by atoms with van der Waals surface area (Å²) >= 11 is 6.14. The normalized spacial score (nSPS) is 13.2. The first-order chi connectivity index (χ1) is 13.6. The first-order valence-corrected chi connectivity index (χ1v) is 9.56. The number of halogens is 1.